The minimum Gasteiger partial charge on any atom is -0.390 e. The first kappa shape index (κ1) is 13.9. The van der Waals surface area contributed by atoms with Crippen molar-refractivity contribution in [3.05, 3.63) is 11.8 Å². The summed E-state index contributed by atoms with van der Waals surface area (Å²) in [5.41, 5.74) is 0.182. The first-order valence-corrected chi connectivity index (χ1v) is 6.52. The van der Waals surface area contributed by atoms with E-state index in [0.717, 1.165) is 32.4 Å². The van der Waals surface area contributed by atoms with E-state index in [1.165, 1.54) is 12.6 Å². The summed E-state index contributed by atoms with van der Waals surface area (Å²) in [5, 5.41) is 11.9. The average molecular weight is 256 g/mol. The predicted octanol–water partition coefficient (Wildman–Crippen LogP) is 1.62. The molecule has 4 nitrogen and oxygen atoms in total. The number of amides is 1. The quantitative estimate of drug-likeness (QED) is 0.352. The van der Waals surface area contributed by atoms with Crippen molar-refractivity contribution in [2.45, 2.75) is 25.7 Å². The fourth-order valence-corrected chi connectivity index (χ4v) is 1.89. The van der Waals surface area contributed by atoms with E-state index in [4.69, 9.17) is 16.9 Å². The van der Waals surface area contributed by atoms with Gasteiger partial charge in [0.1, 0.15) is 11.6 Å². The predicted molar refractivity (Wildman–Crippen MR) is 67.5 cm³/mol. The Labute approximate surface area is 107 Å². The molecule has 0 bridgehead atoms. The van der Waals surface area contributed by atoms with Gasteiger partial charge in [-0.2, -0.15) is 5.26 Å². The molecular formula is C12H18ClN3O. The summed E-state index contributed by atoms with van der Waals surface area (Å²) in [5.74, 6) is 0.411. The van der Waals surface area contributed by atoms with Gasteiger partial charge in [0.05, 0.1) is 0 Å². The third-order valence-electron chi connectivity index (χ3n) is 2.70. The van der Waals surface area contributed by atoms with Crippen LogP contribution in [0.4, 0.5) is 0 Å². The largest absolute Gasteiger partial charge is 0.390 e. The molecule has 1 saturated heterocycles. The lowest BCUT2D eigenvalue weighted by atomic mass is 10.1. The number of alkyl halides is 1. The van der Waals surface area contributed by atoms with Crippen LogP contribution in [0.1, 0.15) is 25.7 Å². The minimum absolute atomic E-state index is 0.162. The van der Waals surface area contributed by atoms with E-state index >= 15 is 0 Å². The number of hydrogen-bond donors (Lipinski definition) is 1. The van der Waals surface area contributed by atoms with E-state index in [9.17, 15) is 4.79 Å². The maximum absolute atomic E-state index is 12.0. The Morgan fingerprint density at radius 3 is 2.71 bits per heavy atom. The summed E-state index contributed by atoms with van der Waals surface area (Å²) in [6, 6.07) is 1.95. The van der Waals surface area contributed by atoms with Crippen LogP contribution in [0.2, 0.25) is 0 Å². The van der Waals surface area contributed by atoms with Crippen LogP contribution >= 0.6 is 11.6 Å². The molecule has 0 aromatic carbocycles. The molecule has 1 fully saturated rings. The van der Waals surface area contributed by atoms with Crippen molar-refractivity contribution in [2.24, 2.45) is 0 Å². The number of carbonyl (C=O) groups excluding carboxylic acids is 1. The van der Waals surface area contributed by atoms with Gasteiger partial charge in [0.15, 0.2) is 0 Å². The van der Waals surface area contributed by atoms with Gasteiger partial charge in [-0.05, 0) is 25.7 Å². The lowest BCUT2D eigenvalue weighted by molar-refractivity contribution is -0.127. The van der Waals surface area contributed by atoms with Gasteiger partial charge in [0.25, 0.3) is 5.91 Å². The van der Waals surface area contributed by atoms with Gasteiger partial charge in [0, 0.05) is 31.7 Å². The summed E-state index contributed by atoms with van der Waals surface area (Å²) in [6.07, 6.45) is 5.55. The van der Waals surface area contributed by atoms with Crippen molar-refractivity contribution in [3.8, 4) is 6.07 Å². The highest BCUT2D eigenvalue weighted by atomic mass is 35.5. The molecule has 0 unspecified atom stereocenters. The van der Waals surface area contributed by atoms with Crippen LogP contribution in [0.15, 0.2) is 11.8 Å². The Balaban J connectivity index is 2.48. The lowest BCUT2D eigenvalue weighted by Gasteiger charge is -2.26. The van der Waals surface area contributed by atoms with Crippen molar-refractivity contribution in [2.75, 3.05) is 25.5 Å². The molecule has 0 saturated carbocycles. The maximum atomic E-state index is 12.0. The van der Waals surface area contributed by atoms with Gasteiger partial charge >= 0.3 is 0 Å². The third-order valence-corrected chi connectivity index (χ3v) is 2.96. The number of nitrogens with zero attached hydrogens (tertiary/aromatic N) is 2. The van der Waals surface area contributed by atoms with Gasteiger partial charge in [-0.1, -0.05) is 0 Å². The summed E-state index contributed by atoms with van der Waals surface area (Å²) in [7, 11) is 0. The van der Waals surface area contributed by atoms with Crippen molar-refractivity contribution in [3.63, 3.8) is 0 Å². The van der Waals surface area contributed by atoms with E-state index in [1.54, 1.807) is 4.90 Å². The number of hydrogen-bond acceptors (Lipinski definition) is 3. The van der Waals surface area contributed by atoms with E-state index in [2.05, 4.69) is 5.32 Å². The highest BCUT2D eigenvalue weighted by Crippen LogP contribution is 2.11. The number of piperidine rings is 1. The molecule has 0 aliphatic carbocycles. The highest BCUT2D eigenvalue weighted by Gasteiger charge is 2.19. The molecule has 94 valence electrons. The highest BCUT2D eigenvalue weighted by molar-refractivity contribution is 6.17. The zero-order valence-corrected chi connectivity index (χ0v) is 10.7. The third kappa shape index (κ3) is 4.66. The molecule has 1 N–H and O–H groups in total. The second-order valence-corrected chi connectivity index (χ2v) is 4.40. The molecule has 0 radical (unpaired) electrons. The SMILES string of the molecule is N#C/C(=C/NCCCCl)C(=O)N1CCCCC1. The monoisotopic (exact) mass is 255 g/mol. The Morgan fingerprint density at radius 1 is 1.41 bits per heavy atom. The van der Waals surface area contributed by atoms with Gasteiger partial charge < -0.3 is 10.2 Å². The molecule has 1 heterocycles. The van der Waals surface area contributed by atoms with E-state index < -0.39 is 0 Å². The lowest BCUT2D eigenvalue weighted by Crippen LogP contribution is -2.36. The molecule has 17 heavy (non-hydrogen) atoms. The number of nitrogens with one attached hydrogen (secondary N) is 1. The number of carbonyl (C=O) groups is 1. The Kier molecular flexibility index (Phi) is 6.49. The molecule has 0 spiro atoms. The van der Waals surface area contributed by atoms with E-state index in [-0.39, 0.29) is 11.5 Å². The molecule has 0 aromatic heterocycles. The first-order valence-electron chi connectivity index (χ1n) is 5.98. The summed E-state index contributed by atoms with van der Waals surface area (Å²) >= 11 is 5.53. The molecule has 1 amide bonds. The molecule has 1 rings (SSSR count). The van der Waals surface area contributed by atoms with Gasteiger partial charge in [-0.3, -0.25) is 4.79 Å². The van der Waals surface area contributed by atoms with Crippen LogP contribution in [-0.4, -0.2) is 36.3 Å². The minimum atomic E-state index is -0.162. The van der Waals surface area contributed by atoms with E-state index in [1.807, 2.05) is 6.07 Å². The number of halogens is 1. The second-order valence-electron chi connectivity index (χ2n) is 4.02. The summed E-state index contributed by atoms with van der Waals surface area (Å²) in [6.45, 7) is 2.21. The van der Waals surface area contributed by atoms with Crippen molar-refractivity contribution in [1.82, 2.24) is 10.2 Å². The van der Waals surface area contributed by atoms with Crippen LogP contribution in [0.5, 0.6) is 0 Å². The Hall–Kier alpha value is -1.21. The van der Waals surface area contributed by atoms with Gasteiger partial charge in [0.2, 0.25) is 0 Å². The van der Waals surface area contributed by atoms with Crippen molar-refractivity contribution in [1.29, 1.82) is 5.26 Å². The Morgan fingerprint density at radius 2 is 2.12 bits per heavy atom. The van der Waals surface area contributed by atoms with Crippen LogP contribution in [0.3, 0.4) is 0 Å². The molecule has 1 aliphatic heterocycles. The topological polar surface area (TPSA) is 56.1 Å². The number of nitriles is 1. The zero-order chi connectivity index (χ0) is 12.5. The second kappa shape index (κ2) is 7.97. The number of rotatable bonds is 5. The van der Waals surface area contributed by atoms with Gasteiger partial charge in [-0.15, -0.1) is 11.6 Å². The standard InChI is InChI=1S/C12H18ClN3O/c13-5-4-6-15-10-11(9-14)12(17)16-7-2-1-3-8-16/h10,15H,1-8H2/b11-10-. The fourth-order valence-electron chi connectivity index (χ4n) is 1.75. The van der Waals surface area contributed by atoms with Crippen LogP contribution < -0.4 is 5.32 Å². The van der Waals surface area contributed by atoms with Crippen LogP contribution in [0, 0.1) is 11.3 Å². The molecule has 0 atom stereocenters. The molecule has 0 aromatic rings. The van der Waals surface area contributed by atoms with Crippen molar-refractivity contribution < 1.29 is 4.79 Å². The van der Waals surface area contributed by atoms with Crippen LogP contribution in [-0.2, 0) is 4.79 Å². The summed E-state index contributed by atoms with van der Waals surface area (Å²) < 4.78 is 0. The summed E-state index contributed by atoms with van der Waals surface area (Å²) in [4.78, 5) is 13.7. The van der Waals surface area contributed by atoms with Crippen molar-refractivity contribution >= 4 is 17.5 Å². The Bertz CT molecular complexity index is 316. The molecule has 1 aliphatic rings. The smallest absolute Gasteiger partial charge is 0.265 e. The molecular weight excluding hydrogens is 238 g/mol. The first-order chi connectivity index (χ1) is 8.29. The number of likely N-dealkylation sites (tertiary alicyclic amines) is 1. The fraction of sp³-hybridized carbons (Fsp3) is 0.667. The van der Waals surface area contributed by atoms with Crippen LogP contribution in [0.25, 0.3) is 0 Å². The molecule has 5 heteroatoms. The van der Waals surface area contributed by atoms with E-state index in [0.29, 0.717) is 12.4 Å². The van der Waals surface area contributed by atoms with Gasteiger partial charge in [-0.25, -0.2) is 0 Å². The zero-order valence-electron chi connectivity index (χ0n) is 9.91. The normalized spacial score (nSPS) is 16.5. The average Bonchev–Trinajstić information content (AvgIpc) is 2.39. The maximum Gasteiger partial charge on any atom is 0.265 e.